The maximum Gasteiger partial charge on any atom is 0.217 e. The summed E-state index contributed by atoms with van der Waals surface area (Å²) in [6.45, 7) is 8.16. The molecule has 0 spiro atoms. The quantitative estimate of drug-likeness (QED) is 0.388. The van der Waals surface area contributed by atoms with Crippen LogP contribution in [0, 0.1) is 6.92 Å². The Kier molecular flexibility index (Phi) is 8.78. The van der Waals surface area contributed by atoms with E-state index in [1.165, 1.54) is 11.1 Å². The lowest BCUT2D eigenvalue weighted by molar-refractivity contribution is 0.264. The maximum absolute atomic E-state index is 9.53. The average Bonchev–Trinajstić information content (AvgIpc) is 3.20. The van der Waals surface area contributed by atoms with Crippen LogP contribution in [0.1, 0.15) is 42.8 Å². The molecule has 0 bridgehead atoms. The average molecular weight is 447 g/mol. The zero-order chi connectivity index (χ0) is 23.6. The number of aliphatic imine (C=N–C) groups is 2. The van der Waals surface area contributed by atoms with Crippen molar-refractivity contribution in [2.45, 2.75) is 46.3 Å². The van der Waals surface area contributed by atoms with E-state index in [1.54, 1.807) is 0 Å². The highest BCUT2D eigenvalue weighted by Crippen LogP contribution is 2.16. The van der Waals surface area contributed by atoms with Gasteiger partial charge < -0.3 is 20.3 Å². The van der Waals surface area contributed by atoms with Crippen LogP contribution in [-0.4, -0.2) is 50.5 Å². The zero-order valence-corrected chi connectivity index (χ0v) is 19.7. The van der Waals surface area contributed by atoms with E-state index >= 15 is 0 Å². The Hall–Kier alpha value is -3.45. The molecule has 1 atom stereocenters. The SMILES string of the molecule is CC[C@H](CO)N=C(N)N=C(c1ncn(Cc2ccccc2)c1C)N(CC)Cc1ccccc1. The van der Waals surface area contributed by atoms with E-state index in [0.29, 0.717) is 18.8 Å². The van der Waals surface area contributed by atoms with E-state index in [9.17, 15) is 5.11 Å². The van der Waals surface area contributed by atoms with Crippen molar-refractivity contribution in [2.24, 2.45) is 15.7 Å². The number of benzene rings is 2. The lowest BCUT2D eigenvalue weighted by atomic mass is 10.2. The normalized spacial score (nSPS) is 13.2. The Morgan fingerprint density at radius 2 is 1.70 bits per heavy atom. The van der Waals surface area contributed by atoms with Crippen molar-refractivity contribution in [2.75, 3.05) is 13.2 Å². The maximum atomic E-state index is 9.53. The fourth-order valence-corrected chi connectivity index (χ4v) is 3.60. The topological polar surface area (TPSA) is 92.0 Å². The summed E-state index contributed by atoms with van der Waals surface area (Å²) < 4.78 is 2.12. The smallest absolute Gasteiger partial charge is 0.217 e. The standard InChI is InChI=1S/C26H34N6O/c1-4-23(18-33)29-26(27)30-25(31(5-2)16-21-12-8-6-9-13-21)24-20(3)32(19-28-24)17-22-14-10-7-11-15-22/h6-15,19,23,33H,4-5,16-18H2,1-3H3,(H2,27,29)/t23-/m1/s1. The van der Waals surface area contributed by atoms with E-state index in [-0.39, 0.29) is 18.6 Å². The highest BCUT2D eigenvalue weighted by Gasteiger charge is 2.20. The van der Waals surface area contributed by atoms with Crippen LogP contribution in [0.4, 0.5) is 0 Å². The molecular formula is C26H34N6O. The molecule has 174 valence electrons. The van der Waals surface area contributed by atoms with Crippen LogP contribution in [0.3, 0.4) is 0 Å². The molecule has 0 aliphatic heterocycles. The van der Waals surface area contributed by atoms with Crippen molar-refractivity contribution in [3.05, 3.63) is 89.5 Å². The van der Waals surface area contributed by atoms with Gasteiger partial charge in [-0.15, -0.1) is 0 Å². The van der Waals surface area contributed by atoms with Gasteiger partial charge in [-0.1, -0.05) is 67.6 Å². The number of imidazole rings is 1. The van der Waals surface area contributed by atoms with Gasteiger partial charge in [0.2, 0.25) is 5.96 Å². The molecule has 0 fully saturated rings. The summed E-state index contributed by atoms with van der Waals surface area (Å²) in [5, 5.41) is 9.53. The monoisotopic (exact) mass is 446 g/mol. The molecule has 3 N–H and O–H groups in total. The molecule has 0 saturated heterocycles. The second-order valence-electron chi connectivity index (χ2n) is 7.96. The van der Waals surface area contributed by atoms with Crippen LogP contribution in [0.15, 0.2) is 77.0 Å². The number of hydrogen-bond acceptors (Lipinski definition) is 3. The van der Waals surface area contributed by atoms with Crippen molar-refractivity contribution < 1.29 is 5.11 Å². The van der Waals surface area contributed by atoms with Crippen LogP contribution in [0.2, 0.25) is 0 Å². The highest BCUT2D eigenvalue weighted by molar-refractivity contribution is 6.05. The molecule has 0 amide bonds. The van der Waals surface area contributed by atoms with Crippen molar-refractivity contribution in [1.82, 2.24) is 14.5 Å². The number of hydrogen-bond donors (Lipinski definition) is 2. The number of aromatic nitrogens is 2. The van der Waals surface area contributed by atoms with Gasteiger partial charge in [0, 0.05) is 25.3 Å². The van der Waals surface area contributed by atoms with E-state index in [2.05, 4.69) is 45.6 Å². The zero-order valence-electron chi connectivity index (χ0n) is 19.7. The van der Waals surface area contributed by atoms with Gasteiger partial charge in [0.1, 0.15) is 5.69 Å². The summed E-state index contributed by atoms with van der Waals surface area (Å²) in [5.74, 6) is 0.828. The van der Waals surface area contributed by atoms with Gasteiger partial charge >= 0.3 is 0 Å². The van der Waals surface area contributed by atoms with E-state index in [1.807, 2.05) is 56.6 Å². The summed E-state index contributed by atoms with van der Waals surface area (Å²) in [7, 11) is 0. The fraction of sp³-hybridized carbons (Fsp3) is 0.346. The first-order valence-electron chi connectivity index (χ1n) is 11.4. The number of rotatable bonds is 9. The molecule has 0 aliphatic rings. The molecule has 7 nitrogen and oxygen atoms in total. The van der Waals surface area contributed by atoms with E-state index < -0.39 is 0 Å². The molecule has 1 aromatic heterocycles. The first kappa shape index (κ1) is 24.2. The van der Waals surface area contributed by atoms with Gasteiger partial charge in [-0.25, -0.2) is 9.98 Å². The van der Waals surface area contributed by atoms with Crippen LogP contribution in [0.25, 0.3) is 0 Å². The second kappa shape index (κ2) is 12.0. The number of aliphatic hydroxyl groups excluding tert-OH is 1. The van der Waals surface area contributed by atoms with Crippen molar-refractivity contribution in [3.8, 4) is 0 Å². The lowest BCUT2D eigenvalue weighted by Crippen LogP contribution is -2.34. The van der Waals surface area contributed by atoms with Gasteiger partial charge in [-0.2, -0.15) is 4.99 Å². The minimum absolute atomic E-state index is 0.0612. The van der Waals surface area contributed by atoms with Crippen LogP contribution < -0.4 is 5.73 Å². The molecule has 0 saturated carbocycles. The first-order chi connectivity index (χ1) is 16.0. The number of nitrogens with zero attached hydrogens (tertiary/aromatic N) is 5. The first-order valence-corrected chi connectivity index (χ1v) is 11.4. The van der Waals surface area contributed by atoms with Crippen LogP contribution in [0.5, 0.6) is 0 Å². The summed E-state index contributed by atoms with van der Waals surface area (Å²) in [4.78, 5) is 16.0. The number of nitrogens with two attached hydrogens (primary N) is 1. The Morgan fingerprint density at radius 1 is 1.06 bits per heavy atom. The second-order valence-corrected chi connectivity index (χ2v) is 7.96. The predicted molar refractivity (Wildman–Crippen MR) is 134 cm³/mol. The van der Waals surface area contributed by atoms with E-state index in [4.69, 9.17) is 15.7 Å². The summed E-state index contributed by atoms with van der Waals surface area (Å²) in [6.07, 6.45) is 2.54. The lowest BCUT2D eigenvalue weighted by Gasteiger charge is -2.24. The van der Waals surface area contributed by atoms with E-state index in [0.717, 1.165) is 24.5 Å². The predicted octanol–water partition coefficient (Wildman–Crippen LogP) is 3.59. The molecule has 7 heteroatoms. The Bertz CT molecular complexity index is 1050. The molecule has 0 radical (unpaired) electrons. The minimum atomic E-state index is -0.268. The molecule has 0 unspecified atom stereocenters. The molecule has 33 heavy (non-hydrogen) atoms. The van der Waals surface area contributed by atoms with Crippen molar-refractivity contribution >= 4 is 11.8 Å². The number of guanidine groups is 1. The Labute approximate surface area is 196 Å². The van der Waals surface area contributed by atoms with Gasteiger partial charge in [0.05, 0.1) is 19.0 Å². The van der Waals surface area contributed by atoms with Gasteiger partial charge in [0.15, 0.2) is 5.84 Å². The third-order valence-electron chi connectivity index (χ3n) is 5.62. The largest absolute Gasteiger partial charge is 0.394 e. The van der Waals surface area contributed by atoms with Crippen LogP contribution in [-0.2, 0) is 13.1 Å². The third-order valence-corrected chi connectivity index (χ3v) is 5.62. The Balaban J connectivity index is 2.00. The van der Waals surface area contributed by atoms with Crippen molar-refractivity contribution in [3.63, 3.8) is 0 Å². The molecule has 3 aromatic rings. The molecule has 0 aliphatic carbocycles. The molecule has 2 aromatic carbocycles. The van der Waals surface area contributed by atoms with Gasteiger partial charge in [-0.3, -0.25) is 0 Å². The van der Waals surface area contributed by atoms with Gasteiger partial charge in [-0.05, 0) is 31.4 Å². The Morgan fingerprint density at radius 3 is 2.27 bits per heavy atom. The third kappa shape index (κ3) is 6.52. The fourth-order valence-electron chi connectivity index (χ4n) is 3.60. The number of aliphatic hydroxyl groups is 1. The minimum Gasteiger partial charge on any atom is -0.394 e. The highest BCUT2D eigenvalue weighted by atomic mass is 16.3. The number of amidine groups is 1. The van der Waals surface area contributed by atoms with Crippen molar-refractivity contribution in [1.29, 1.82) is 0 Å². The molecule has 3 rings (SSSR count). The van der Waals surface area contributed by atoms with Crippen LogP contribution >= 0.6 is 0 Å². The molecule has 1 heterocycles. The molecular weight excluding hydrogens is 412 g/mol. The summed E-state index contributed by atoms with van der Waals surface area (Å²) in [6, 6.07) is 20.3. The summed E-state index contributed by atoms with van der Waals surface area (Å²) >= 11 is 0. The summed E-state index contributed by atoms with van der Waals surface area (Å²) in [5.41, 5.74) is 10.4. The van der Waals surface area contributed by atoms with Gasteiger partial charge in [0.25, 0.3) is 0 Å².